The third-order valence-electron chi connectivity index (χ3n) is 2.14. The van der Waals surface area contributed by atoms with E-state index in [0.29, 0.717) is 16.0 Å². The lowest BCUT2D eigenvalue weighted by atomic mass is 10.1. The molecule has 0 spiro atoms. The van der Waals surface area contributed by atoms with E-state index in [9.17, 15) is 4.39 Å². The maximum atomic E-state index is 13.4. The third-order valence-corrected chi connectivity index (χ3v) is 2.57. The second-order valence-electron chi connectivity index (χ2n) is 3.14. The Hall–Kier alpha value is -1.13. The third kappa shape index (κ3) is 2.11. The average Bonchev–Trinajstić information content (AvgIpc) is 2.65. The number of benzene rings is 1. The minimum absolute atomic E-state index is 0.322. The van der Waals surface area contributed by atoms with E-state index in [1.54, 1.807) is 30.3 Å². The number of hydrogen-bond acceptors (Lipinski definition) is 2. The highest BCUT2D eigenvalue weighted by Gasteiger charge is 2.15. The van der Waals surface area contributed by atoms with E-state index in [2.05, 4.69) is 15.9 Å². The van der Waals surface area contributed by atoms with Crippen LogP contribution in [-0.2, 0) is 0 Å². The van der Waals surface area contributed by atoms with Crippen molar-refractivity contribution in [2.24, 2.45) is 5.73 Å². The molecule has 2 N–H and O–H groups in total. The summed E-state index contributed by atoms with van der Waals surface area (Å²) in [5.74, 6) is 0.212. The number of furan rings is 1. The smallest absolute Gasteiger partial charge is 0.169 e. The van der Waals surface area contributed by atoms with Gasteiger partial charge in [-0.15, -0.1) is 0 Å². The van der Waals surface area contributed by atoms with Crippen LogP contribution in [0.4, 0.5) is 4.39 Å². The van der Waals surface area contributed by atoms with Crippen LogP contribution in [0.3, 0.4) is 0 Å². The molecule has 0 amide bonds. The molecule has 1 heterocycles. The first-order valence-electron chi connectivity index (χ1n) is 4.43. The lowest BCUT2D eigenvalue weighted by molar-refractivity contribution is 0.463. The Kier molecular flexibility index (Phi) is 2.88. The summed E-state index contributed by atoms with van der Waals surface area (Å²) >= 11 is 3.18. The van der Waals surface area contributed by atoms with Crippen molar-refractivity contribution in [1.29, 1.82) is 0 Å². The zero-order chi connectivity index (χ0) is 10.8. The molecular weight excluding hydrogens is 261 g/mol. The van der Waals surface area contributed by atoms with E-state index >= 15 is 0 Å². The van der Waals surface area contributed by atoms with Crippen molar-refractivity contribution in [2.45, 2.75) is 6.04 Å². The van der Waals surface area contributed by atoms with Gasteiger partial charge in [-0.25, -0.2) is 4.39 Å². The maximum absolute atomic E-state index is 13.4. The van der Waals surface area contributed by atoms with Crippen molar-refractivity contribution in [3.8, 4) is 0 Å². The Labute approximate surface area is 95.0 Å². The molecule has 0 saturated heterocycles. The van der Waals surface area contributed by atoms with Gasteiger partial charge < -0.3 is 10.2 Å². The summed E-state index contributed by atoms with van der Waals surface area (Å²) in [5.41, 5.74) is 6.31. The van der Waals surface area contributed by atoms with Crippen molar-refractivity contribution in [3.05, 3.63) is 58.2 Å². The number of halogens is 2. The standard InChI is InChI=1S/C11H9BrFNO/c12-10-6-5-9(15-10)11(14)7-3-1-2-4-8(7)13/h1-6,11H,14H2. The molecule has 0 radical (unpaired) electrons. The zero-order valence-corrected chi connectivity index (χ0v) is 9.37. The fraction of sp³-hybridized carbons (Fsp3) is 0.0909. The van der Waals surface area contributed by atoms with Crippen molar-refractivity contribution in [2.75, 3.05) is 0 Å². The molecule has 0 bridgehead atoms. The second kappa shape index (κ2) is 4.16. The van der Waals surface area contributed by atoms with Crippen molar-refractivity contribution < 1.29 is 8.81 Å². The van der Waals surface area contributed by atoms with Crippen LogP contribution in [0, 0.1) is 5.82 Å². The van der Waals surface area contributed by atoms with E-state index in [-0.39, 0.29) is 5.82 Å². The van der Waals surface area contributed by atoms with Crippen LogP contribution >= 0.6 is 15.9 Å². The van der Waals surface area contributed by atoms with Gasteiger partial charge >= 0.3 is 0 Å². The molecule has 78 valence electrons. The maximum Gasteiger partial charge on any atom is 0.169 e. The summed E-state index contributed by atoms with van der Waals surface area (Å²) in [5, 5.41) is 0. The quantitative estimate of drug-likeness (QED) is 0.909. The molecule has 2 rings (SSSR count). The zero-order valence-electron chi connectivity index (χ0n) is 7.78. The van der Waals surface area contributed by atoms with Crippen LogP contribution < -0.4 is 5.73 Å². The minimum Gasteiger partial charge on any atom is -0.452 e. The largest absolute Gasteiger partial charge is 0.452 e. The summed E-state index contributed by atoms with van der Waals surface area (Å²) in [6.07, 6.45) is 0. The van der Waals surface area contributed by atoms with Crippen LogP contribution in [0.15, 0.2) is 45.5 Å². The Morgan fingerprint density at radius 2 is 1.93 bits per heavy atom. The summed E-state index contributed by atoms with van der Waals surface area (Å²) in [6.45, 7) is 0. The van der Waals surface area contributed by atoms with E-state index in [4.69, 9.17) is 10.2 Å². The highest BCUT2D eigenvalue weighted by Crippen LogP contribution is 2.25. The van der Waals surface area contributed by atoms with Gasteiger partial charge in [0.05, 0.1) is 6.04 Å². The predicted octanol–water partition coefficient (Wildman–Crippen LogP) is 3.23. The summed E-state index contributed by atoms with van der Waals surface area (Å²) < 4.78 is 19.3. The molecule has 1 aromatic heterocycles. The summed E-state index contributed by atoms with van der Waals surface area (Å²) in [7, 11) is 0. The van der Waals surface area contributed by atoms with E-state index in [0.717, 1.165) is 0 Å². The fourth-order valence-corrected chi connectivity index (χ4v) is 1.70. The highest BCUT2D eigenvalue weighted by molar-refractivity contribution is 9.10. The van der Waals surface area contributed by atoms with Crippen molar-refractivity contribution in [1.82, 2.24) is 0 Å². The monoisotopic (exact) mass is 269 g/mol. The molecule has 15 heavy (non-hydrogen) atoms. The molecule has 2 aromatic rings. The molecular formula is C11H9BrFNO. The topological polar surface area (TPSA) is 39.2 Å². The summed E-state index contributed by atoms with van der Waals surface area (Å²) in [6, 6.07) is 9.29. The van der Waals surface area contributed by atoms with Gasteiger partial charge in [0.25, 0.3) is 0 Å². The number of rotatable bonds is 2. The Morgan fingerprint density at radius 1 is 1.20 bits per heavy atom. The molecule has 0 aliphatic carbocycles. The lowest BCUT2D eigenvalue weighted by Gasteiger charge is -2.09. The number of nitrogens with two attached hydrogens (primary N) is 1. The molecule has 0 aliphatic rings. The molecule has 1 unspecified atom stereocenters. The van der Waals surface area contributed by atoms with E-state index in [1.807, 2.05) is 0 Å². The fourth-order valence-electron chi connectivity index (χ4n) is 1.38. The van der Waals surface area contributed by atoms with E-state index < -0.39 is 6.04 Å². The molecule has 0 saturated carbocycles. The summed E-state index contributed by atoms with van der Waals surface area (Å²) in [4.78, 5) is 0. The highest BCUT2D eigenvalue weighted by atomic mass is 79.9. The first-order valence-corrected chi connectivity index (χ1v) is 5.23. The van der Waals surface area contributed by atoms with Gasteiger partial charge in [-0.1, -0.05) is 18.2 Å². The van der Waals surface area contributed by atoms with Crippen molar-refractivity contribution >= 4 is 15.9 Å². The minimum atomic E-state index is -0.572. The van der Waals surface area contributed by atoms with Crippen LogP contribution in [-0.4, -0.2) is 0 Å². The van der Waals surface area contributed by atoms with Gasteiger partial charge in [-0.3, -0.25) is 0 Å². The van der Waals surface area contributed by atoms with Crippen molar-refractivity contribution in [3.63, 3.8) is 0 Å². The van der Waals surface area contributed by atoms with Crippen LogP contribution in [0.2, 0.25) is 0 Å². The first kappa shape index (κ1) is 10.4. The molecule has 0 fully saturated rings. The Morgan fingerprint density at radius 3 is 2.53 bits per heavy atom. The van der Waals surface area contributed by atoms with Gasteiger partial charge in [0.15, 0.2) is 4.67 Å². The lowest BCUT2D eigenvalue weighted by Crippen LogP contribution is -2.12. The van der Waals surface area contributed by atoms with Crippen LogP contribution in [0.5, 0.6) is 0 Å². The SMILES string of the molecule is NC(c1ccc(Br)o1)c1ccccc1F. The van der Waals surface area contributed by atoms with Gasteiger partial charge in [-0.2, -0.15) is 0 Å². The van der Waals surface area contributed by atoms with Gasteiger partial charge in [0, 0.05) is 5.56 Å². The molecule has 4 heteroatoms. The molecule has 1 atom stereocenters. The van der Waals surface area contributed by atoms with Gasteiger partial charge in [0.1, 0.15) is 11.6 Å². The Balaban J connectivity index is 2.36. The average molecular weight is 270 g/mol. The van der Waals surface area contributed by atoms with Crippen LogP contribution in [0.1, 0.15) is 17.4 Å². The molecule has 0 aliphatic heterocycles. The molecule has 1 aromatic carbocycles. The van der Waals surface area contributed by atoms with E-state index in [1.165, 1.54) is 6.07 Å². The second-order valence-corrected chi connectivity index (χ2v) is 3.92. The Bertz CT molecular complexity index is 469. The molecule has 2 nitrogen and oxygen atoms in total. The normalized spacial score (nSPS) is 12.7. The van der Waals surface area contributed by atoms with Gasteiger partial charge in [0.2, 0.25) is 0 Å². The number of hydrogen-bond donors (Lipinski definition) is 1. The predicted molar refractivity (Wildman–Crippen MR) is 58.8 cm³/mol. The van der Waals surface area contributed by atoms with Gasteiger partial charge in [-0.05, 0) is 34.1 Å². The van der Waals surface area contributed by atoms with Crippen LogP contribution in [0.25, 0.3) is 0 Å². The first-order chi connectivity index (χ1) is 7.18.